The lowest BCUT2D eigenvalue weighted by molar-refractivity contribution is 0.681. The van der Waals surface area contributed by atoms with Gasteiger partial charge >= 0.3 is 0 Å². The van der Waals surface area contributed by atoms with E-state index in [1.54, 1.807) is 0 Å². The van der Waals surface area contributed by atoms with Crippen LogP contribution < -0.4 is 5.32 Å². The minimum atomic E-state index is 0.825. The lowest BCUT2D eigenvalue weighted by atomic mass is 10.3. The molecule has 1 aromatic carbocycles. The van der Waals surface area contributed by atoms with E-state index in [9.17, 15) is 0 Å². The fourth-order valence-electron chi connectivity index (χ4n) is 1.37. The zero-order chi connectivity index (χ0) is 9.64. The van der Waals surface area contributed by atoms with Crippen LogP contribution in [0.3, 0.4) is 0 Å². The average Bonchev–Trinajstić information content (AvgIpc) is 2.72. The van der Waals surface area contributed by atoms with E-state index < -0.39 is 0 Å². The van der Waals surface area contributed by atoms with Gasteiger partial charge in [0, 0.05) is 12.7 Å². The molecule has 0 spiro atoms. The van der Waals surface area contributed by atoms with Gasteiger partial charge in [0.1, 0.15) is 0 Å². The molecule has 0 saturated heterocycles. The number of rotatable bonds is 4. The summed E-state index contributed by atoms with van der Waals surface area (Å²) in [5.41, 5.74) is 2.40. The van der Waals surface area contributed by atoms with E-state index in [1.165, 1.54) is 5.56 Å². The Kier molecular flexibility index (Phi) is 2.99. The molecule has 0 aliphatic carbocycles. The number of nitrogens with one attached hydrogen (secondary N) is 1. The van der Waals surface area contributed by atoms with E-state index in [-0.39, 0.29) is 0 Å². The van der Waals surface area contributed by atoms with Crippen LogP contribution in [0.25, 0.3) is 0 Å². The van der Waals surface area contributed by atoms with Gasteiger partial charge in [-0.15, -0.1) is 0 Å². The first-order valence-corrected chi connectivity index (χ1v) is 4.76. The standard InChI is InChI=1S/C12H13N2/c1-2-6-11(5-1)9-13-10-12-7-3-4-8-14-12/h1-8,13H,9-10H2/q-1. The third-order valence-corrected chi connectivity index (χ3v) is 2.09. The Morgan fingerprint density at radius 2 is 2.21 bits per heavy atom. The Morgan fingerprint density at radius 3 is 2.93 bits per heavy atom. The van der Waals surface area contributed by atoms with Crippen molar-refractivity contribution < 1.29 is 0 Å². The van der Waals surface area contributed by atoms with Crippen LogP contribution in [-0.2, 0) is 13.1 Å². The Hall–Kier alpha value is -1.54. The Labute approximate surface area is 84.0 Å². The lowest BCUT2D eigenvalue weighted by Crippen LogP contribution is -2.12. The Balaban J connectivity index is 1.79. The monoisotopic (exact) mass is 185 g/mol. The van der Waals surface area contributed by atoms with Gasteiger partial charge in [-0.3, -0.25) is 4.98 Å². The van der Waals surface area contributed by atoms with Crippen LogP contribution in [0.2, 0.25) is 0 Å². The molecule has 0 aliphatic rings. The van der Waals surface area contributed by atoms with Crippen LogP contribution in [0.5, 0.6) is 0 Å². The molecule has 0 radical (unpaired) electrons. The first kappa shape index (κ1) is 9.03. The summed E-state index contributed by atoms with van der Waals surface area (Å²) in [5, 5.41) is 3.34. The molecule has 0 aliphatic heterocycles. The van der Waals surface area contributed by atoms with Gasteiger partial charge in [-0.1, -0.05) is 6.07 Å². The summed E-state index contributed by atoms with van der Waals surface area (Å²) < 4.78 is 0. The van der Waals surface area contributed by atoms with Gasteiger partial charge in [-0.2, -0.15) is 23.8 Å². The quantitative estimate of drug-likeness (QED) is 0.738. The highest BCUT2D eigenvalue weighted by molar-refractivity contribution is 5.15. The second-order valence-corrected chi connectivity index (χ2v) is 3.22. The van der Waals surface area contributed by atoms with Crippen LogP contribution in [0.1, 0.15) is 11.3 Å². The van der Waals surface area contributed by atoms with E-state index in [0.29, 0.717) is 0 Å². The molecule has 2 heteroatoms. The summed E-state index contributed by atoms with van der Waals surface area (Å²) in [5.74, 6) is 0. The molecule has 1 aromatic heterocycles. The van der Waals surface area contributed by atoms with Crippen LogP contribution >= 0.6 is 0 Å². The largest absolute Gasteiger partial charge is 0.319 e. The van der Waals surface area contributed by atoms with Crippen molar-refractivity contribution in [1.82, 2.24) is 10.3 Å². The maximum Gasteiger partial charge on any atom is 0.0541 e. The molecule has 0 fully saturated rings. The van der Waals surface area contributed by atoms with Gasteiger partial charge in [0.05, 0.1) is 5.69 Å². The Morgan fingerprint density at radius 1 is 1.21 bits per heavy atom. The first-order chi connectivity index (χ1) is 6.95. The fourth-order valence-corrected chi connectivity index (χ4v) is 1.37. The predicted molar refractivity (Wildman–Crippen MR) is 56.8 cm³/mol. The van der Waals surface area contributed by atoms with Crippen molar-refractivity contribution >= 4 is 0 Å². The molecule has 0 saturated carbocycles. The second kappa shape index (κ2) is 4.63. The van der Waals surface area contributed by atoms with Crippen molar-refractivity contribution in [3.8, 4) is 0 Å². The smallest absolute Gasteiger partial charge is 0.0541 e. The summed E-state index contributed by atoms with van der Waals surface area (Å²) in [6.07, 6.45) is 1.82. The molecule has 0 bridgehead atoms. The third kappa shape index (κ3) is 2.47. The van der Waals surface area contributed by atoms with Crippen molar-refractivity contribution in [2.75, 3.05) is 0 Å². The van der Waals surface area contributed by atoms with Crippen LogP contribution in [-0.4, -0.2) is 4.98 Å². The number of nitrogens with zero attached hydrogens (tertiary/aromatic N) is 1. The number of aromatic nitrogens is 1. The van der Waals surface area contributed by atoms with E-state index in [1.807, 2.05) is 24.4 Å². The molecule has 0 atom stereocenters. The summed E-state index contributed by atoms with van der Waals surface area (Å²) in [4.78, 5) is 4.24. The minimum absolute atomic E-state index is 0.825. The van der Waals surface area contributed by atoms with Gasteiger partial charge in [0.15, 0.2) is 0 Å². The third-order valence-electron chi connectivity index (χ3n) is 2.09. The van der Waals surface area contributed by atoms with Gasteiger partial charge in [0.25, 0.3) is 0 Å². The number of hydrogen-bond acceptors (Lipinski definition) is 2. The fraction of sp³-hybridized carbons (Fsp3) is 0.167. The summed E-state index contributed by atoms with van der Waals surface area (Å²) >= 11 is 0. The molecule has 2 rings (SSSR count). The van der Waals surface area contributed by atoms with Crippen molar-refractivity contribution in [2.24, 2.45) is 0 Å². The van der Waals surface area contributed by atoms with Gasteiger partial charge in [-0.25, -0.2) is 6.07 Å². The van der Waals surface area contributed by atoms with Crippen LogP contribution in [0.15, 0.2) is 48.7 Å². The van der Waals surface area contributed by atoms with Gasteiger partial charge in [-0.05, 0) is 18.7 Å². The van der Waals surface area contributed by atoms with E-state index in [2.05, 4.69) is 34.6 Å². The molecule has 72 valence electrons. The number of pyridine rings is 1. The highest BCUT2D eigenvalue weighted by atomic mass is 14.9. The SMILES string of the molecule is c1ccc(CNCc2cc[cH-]c2)nc1. The molecule has 0 unspecified atom stereocenters. The zero-order valence-corrected chi connectivity index (χ0v) is 7.98. The van der Waals surface area contributed by atoms with Crippen molar-refractivity contribution in [3.63, 3.8) is 0 Å². The molecule has 0 amide bonds. The summed E-state index contributed by atoms with van der Waals surface area (Å²) in [6, 6.07) is 14.3. The van der Waals surface area contributed by atoms with Crippen LogP contribution in [0.4, 0.5) is 0 Å². The molecular formula is C12H13N2-. The minimum Gasteiger partial charge on any atom is -0.319 e. The zero-order valence-electron chi connectivity index (χ0n) is 7.98. The van der Waals surface area contributed by atoms with Crippen molar-refractivity contribution in [2.45, 2.75) is 13.1 Å². The van der Waals surface area contributed by atoms with E-state index >= 15 is 0 Å². The molecule has 1 heterocycles. The highest BCUT2D eigenvalue weighted by Gasteiger charge is 1.89. The number of hydrogen-bond donors (Lipinski definition) is 1. The highest BCUT2D eigenvalue weighted by Crippen LogP contribution is 1.99. The molecule has 2 aromatic rings. The molecule has 1 N–H and O–H groups in total. The predicted octanol–water partition coefficient (Wildman–Crippen LogP) is 2.09. The molecule has 14 heavy (non-hydrogen) atoms. The Bertz CT molecular complexity index is 351. The lowest BCUT2D eigenvalue weighted by Gasteiger charge is -2.06. The normalized spacial score (nSPS) is 10.3. The maximum absolute atomic E-state index is 4.24. The van der Waals surface area contributed by atoms with E-state index in [4.69, 9.17) is 0 Å². The topological polar surface area (TPSA) is 24.9 Å². The van der Waals surface area contributed by atoms with Gasteiger partial charge < -0.3 is 5.32 Å². The average molecular weight is 185 g/mol. The maximum atomic E-state index is 4.24. The summed E-state index contributed by atoms with van der Waals surface area (Å²) in [7, 11) is 0. The molecular weight excluding hydrogens is 172 g/mol. The van der Waals surface area contributed by atoms with Crippen molar-refractivity contribution in [3.05, 3.63) is 59.9 Å². The van der Waals surface area contributed by atoms with Crippen LogP contribution in [0, 0.1) is 0 Å². The van der Waals surface area contributed by atoms with E-state index in [0.717, 1.165) is 18.8 Å². The second-order valence-electron chi connectivity index (χ2n) is 3.22. The molecule has 2 nitrogen and oxygen atoms in total. The van der Waals surface area contributed by atoms with Gasteiger partial charge in [0.2, 0.25) is 0 Å². The first-order valence-electron chi connectivity index (χ1n) is 4.76. The summed E-state index contributed by atoms with van der Waals surface area (Å²) in [6.45, 7) is 1.73. The van der Waals surface area contributed by atoms with Crippen molar-refractivity contribution in [1.29, 1.82) is 0 Å².